The van der Waals surface area contributed by atoms with Crippen LogP contribution in [0.4, 0.5) is 0 Å². The van der Waals surface area contributed by atoms with Gasteiger partial charge in [-0.2, -0.15) is 0 Å². The number of esters is 4. The van der Waals surface area contributed by atoms with Crippen molar-refractivity contribution in [2.75, 3.05) is 39.6 Å². The molecule has 106 heavy (non-hydrogen) atoms. The molecule has 0 aliphatic heterocycles. The second-order valence-electron chi connectivity index (χ2n) is 27.3. The first-order valence-electron chi connectivity index (χ1n) is 41.4. The number of unbranched alkanes of at least 4 members (excludes halogenated alkanes) is 29. The molecule has 0 fully saturated rings. The summed E-state index contributed by atoms with van der Waals surface area (Å²) < 4.78 is 68.7. The molecule has 19 heteroatoms. The van der Waals surface area contributed by atoms with Gasteiger partial charge in [-0.25, -0.2) is 9.13 Å². The molecule has 0 heterocycles. The zero-order valence-corrected chi connectivity index (χ0v) is 68.4. The first-order chi connectivity index (χ1) is 51.7. The lowest BCUT2D eigenvalue weighted by Crippen LogP contribution is -2.30. The van der Waals surface area contributed by atoms with E-state index in [1.807, 2.05) is 0 Å². The Bertz CT molecular complexity index is 2530. The number of aliphatic hydroxyl groups excluding tert-OH is 1. The van der Waals surface area contributed by atoms with Crippen LogP contribution in [0.25, 0.3) is 0 Å². The minimum atomic E-state index is -4.99. The number of phosphoric ester groups is 2. The van der Waals surface area contributed by atoms with E-state index in [0.717, 1.165) is 193 Å². The zero-order valence-electron chi connectivity index (χ0n) is 66.6. The summed E-state index contributed by atoms with van der Waals surface area (Å²) in [6.07, 6.45) is 88.4. The summed E-state index contributed by atoms with van der Waals surface area (Å²) in [6, 6.07) is 0. The smallest absolute Gasteiger partial charge is 0.462 e. The third kappa shape index (κ3) is 77.4. The SMILES string of the molecule is CC/C=C\C/C=C\C/C=C\C/C=C\C/C=C\CCCCCC(=O)OCC(COP(=O)(O)OCC(O)COP(=O)(O)OCC(COC(=O)CCCCCCCCC/C=C\C/C=C\C/C=C\CC)OC(=O)CCCCCCCCCCCCCCCCC)OC(=O)CCCCCCC/C=C\C/C=C\C/C=C\CC. The van der Waals surface area contributed by atoms with E-state index in [-0.39, 0.29) is 25.7 Å². The van der Waals surface area contributed by atoms with Crippen LogP contribution in [0.5, 0.6) is 0 Å². The van der Waals surface area contributed by atoms with Crippen LogP contribution < -0.4 is 0 Å². The molecule has 0 aliphatic carbocycles. The van der Waals surface area contributed by atoms with Crippen LogP contribution in [0.2, 0.25) is 0 Å². The maximum absolute atomic E-state index is 13.1. The van der Waals surface area contributed by atoms with Crippen molar-refractivity contribution in [3.8, 4) is 0 Å². The van der Waals surface area contributed by atoms with Crippen molar-refractivity contribution >= 4 is 39.5 Å². The fourth-order valence-corrected chi connectivity index (χ4v) is 12.5. The number of hydrogen-bond acceptors (Lipinski definition) is 15. The molecular formula is C87H148O17P2. The Morgan fingerprint density at radius 2 is 0.491 bits per heavy atom. The van der Waals surface area contributed by atoms with Crippen molar-refractivity contribution in [2.24, 2.45) is 0 Å². The Morgan fingerprint density at radius 1 is 0.274 bits per heavy atom. The lowest BCUT2D eigenvalue weighted by molar-refractivity contribution is -0.161. The normalized spacial score (nSPS) is 14.5. The molecule has 0 bridgehead atoms. The van der Waals surface area contributed by atoms with Gasteiger partial charge < -0.3 is 33.8 Å². The predicted molar refractivity (Wildman–Crippen MR) is 436 cm³/mol. The van der Waals surface area contributed by atoms with E-state index in [1.165, 1.54) is 64.2 Å². The Kier molecular flexibility index (Phi) is 74.8. The molecule has 0 radical (unpaired) electrons. The van der Waals surface area contributed by atoms with Gasteiger partial charge in [0, 0.05) is 25.7 Å². The summed E-state index contributed by atoms with van der Waals surface area (Å²) in [6.45, 7) is 4.51. The Labute approximate surface area is 644 Å². The fraction of sp³-hybridized carbons (Fsp3) is 0.701. The van der Waals surface area contributed by atoms with Gasteiger partial charge in [-0.1, -0.05) is 309 Å². The molecule has 0 saturated carbocycles. The maximum atomic E-state index is 13.1. The van der Waals surface area contributed by atoms with E-state index in [4.69, 9.17) is 37.0 Å². The standard InChI is InChI=1S/C87H148O17P2/c1-5-9-13-17-21-25-29-33-37-39-40-42-46-48-52-56-60-64-68-72-85(90)98-78-83(104-87(92)74-70-66-62-58-54-50-44-36-32-28-24-20-16-12-8-4)80-102-106(95,96)100-76-81(88)75-99-105(93,94)101-79-82(103-86(91)73-69-65-61-57-53-49-43-35-31-27-23-19-15-11-7-3)77-97-84(89)71-67-63-59-55-51-47-45-41-38-34-30-26-22-18-14-10-6-2/h9-10,12-14,16,21-22,24-26,28,33-34,36-38,40,42,44,48,52,81-83,88H,5-8,11,15,17-20,23,27,29-32,35,39,41,43,45-47,49-51,53-80H2,1-4H3,(H,93,94)(H,95,96)/b13-9-,14-10-,16-12-,25-21-,26-22-,28-24-,37-33-,38-34-,42-40-,44-36-,52-48-. The summed E-state index contributed by atoms with van der Waals surface area (Å²) >= 11 is 0. The highest BCUT2D eigenvalue weighted by atomic mass is 31.2. The van der Waals surface area contributed by atoms with Crippen molar-refractivity contribution in [3.63, 3.8) is 0 Å². The van der Waals surface area contributed by atoms with E-state index in [9.17, 15) is 43.2 Å². The highest BCUT2D eigenvalue weighted by molar-refractivity contribution is 7.47. The number of aliphatic hydroxyl groups is 1. The Hall–Kier alpha value is -4.80. The first kappa shape index (κ1) is 101. The van der Waals surface area contributed by atoms with Crippen LogP contribution in [0, 0.1) is 0 Å². The summed E-state index contributed by atoms with van der Waals surface area (Å²) in [4.78, 5) is 73.2. The van der Waals surface area contributed by atoms with Gasteiger partial charge in [0.15, 0.2) is 12.2 Å². The van der Waals surface area contributed by atoms with E-state index in [1.54, 1.807) is 0 Å². The van der Waals surface area contributed by atoms with Gasteiger partial charge in [0.1, 0.15) is 19.3 Å². The highest BCUT2D eigenvalue weighted by Gasteiger charge is 2.30. The molecule has 0 aromatic carbocycles. The topological polar surface area (TPSA) is 237 Å². The number of allylic oxidation sites excluding steroid dienone is 22. The molecule has 608 valence electrons. The van der Waals surface area contributed by atoms with Gasteiger partial charge in [-0.05, 0) is 135 Å². The quantitative estimate of drug-likeness (QED) is 0.0169. The molecule has 17 nitrogen and oxygen atoms in total. The van der Waals surface area contributed by atoms with Gasteiger partial charge in [0.25, 0.3) is 0 Å². The third-order valence-electron chi connectivity index (χ3n) is 17.1. The molecule has 0 aromatic heterocycles. The lowest BCUT2D eigenvalue weighted by atomic mass is 10.0. The predicted octanol–water partition coefficient (Wildman–Crippen LogP) is 24.4. The van der Waals surface area contributed by atoms with Crippen LogP contribution in [-0.4, -0.2) is 96.7 Å². The van der Waals surface area contributed by atoms with Crippen molar-refractivity contribution in [2.45, 2.75) is 354 Å². The number of rotatable bonds is 77. The second-order valence-corrected chi connectivity index (χ2v) is 30.2. The van der Waals surface area contributed by atoms with E-state index < -0.39 is 97.5 Å². The largest absolute Gasteiger partial charge is 0.472 e. The number of carbonyl (C=O) groups is 4. The summed E-state index contributed by atoms with van der Waals surface area (Å²) in [7, 11) is -9.98. The molecule has 0 amide bonds. The first-order valence-corrected chi connectivity index (χ1v) is 44.4. The molecule has 0 aliphatic rings. The number of phosphoric acid groups is 2. The highest BCUT2D eigenvalue weighted by Crippen LogP contribution is 2.45. The Morgan fingerprint density at radius 3 is 0.764 bits per heavy atom. The molecule has 0 spiro atoms. The number of hydrogen-bond donors (Lipinski definition) is 3. The van der Waals surface area contributed by atoms with Gasteiger partial charge in [-0.15, -0.1) is 0 Å². The third-order valence-corrected chi connectivity index (χ3v) is 19.0. The molecular weight excluding hydrogens is 1380 g/mol. The fourth-order valence-electron chi connectivity index (χ4n) is 10.9. The van der Waals surface area contributed by atoms with Crippen molar-refractivity contribution in [1.29, 1.82) is 0 Å². The minimum Gasteiger partial charge on any atom is -0.462 e. The monoisotopic (exact) mass is 1530 g/mol. The van der Waals surface area contributed by atoms with Gasteiger partial charge in [-0.3, -0.25) is 37.3 Å². The van der Waals surface area contributed by atoms with Crippen LogP contribution in [0.3, 0.4) is 0 Å². The number of ether oxygens (including phenoxy) is 4. The van der Waals surface area contributed by atoms with Crippen LogP contribution >= 0.6 is 15.6 Å². The van der Waals surface area contributed by atoms with E-state index in [0.29, 0.717) is 25.7 Å². The zero-order chi connectivity index (χ0) is 77.4. The van der Waals surface area contributed by atoms with Gasteiger partial charge >= 0.3 is 39.5 Å². The molecule has 5 unspecified atom stereocenters. The van der Waals surface area contributed by atoms with Crippen LogP contribution in [0.15, 0.2) is 134 Å². The van der Waals surface area contributed by atoms with Gasteiger partial charge in [0.05, 0.1) is 26.4 Å². The average Bonchev–Trinajstić information content (AvgIpc) is 0.909. The molecule has 0 rings (SSSR count). The molecule has 0 aromatic rings. The Balaban J connectivity index is 5.40. The van der Waals surface area contributed by atoms with Crippen molar-refractivity contribution < 1.29 is 80.2 Å². The summed E-state index contributed by atoms with van der Waals surface area (Å²) in [5.74, 6) is -2.23. The summed E-state index contributed by atoms with van der Waals surface area (Å²) in [5.41, 5.74) is 0. The summed E-state index contributed by atoms with van der Waals surface area (Å²) in [5, 5.41) is 10.7. The molecule has 3 N–H and O–H groups in total. The lowest BCUT2D eigenvalue weighted by Gasteiger charge is -2.21. The van der Waals surface area contributed by atoms with Crippen LogP contribution in [-0.2, 0) is 65.4 Å². The van der Waals surface area contributed by atoms with Crippen molar-refractivity contribution in [3.05, 3.63) is 134 Å². The minimum absolute atomic E-state index is 0.0650. The average molecular weight is 1530 g/mol. The second kappa shape index (κ2) is 78.3. The van der Waals surface area contributed by atoms with E-state index in [2.05, 4.69) is 161 Å². The maximum Gasteiger partial charge on any atom is 0.472 e. The molecule has 0 saturated heterocycles. The van der Waals surface area contributed by atoms with Crippen LogP contribution in [0.1, 0.15) is 336 Å². The van der Waals surface area contributed by atoms with Crippen molar-refractivity contribution in [1.82, 2.24) is 0 Å². The molecule has 5 atom stereocenters. The van der Waals surface area contributed by atoms with E-state index >= 15 is 0 Å². The van der Waals surface area contributed by atoms with Gasteiger partial charge in [0.2, 0.25) is 0 Å². The number of carbonyl (C=O) groups excluding carboxylic acids is 4.